The van der Waals surface area contributed by atoms with Crippen molar-refractivity contribution < 1.29 is 4.74 Å². The molecule has 0 aromatic heterocycles. The SMILES string of the molecule is CC1(C)c2ccccc2-c2cc(-c3ccc(N(c4ccccc4)c4cccc(-c5cccc6c5-c5ccccc5C65c6ccc7ccccc7c6Oc6c5ccc5ccccc65)c4)cc3)ccc21. The molecule has 1 aliphatic heterocycles. The summed E-state index contributed by atoms with van der Waals surface area (Å²) >= 11 is 0. The number of nitrogens with zero attached hydrogens (tertiary/aromatic N) is 1. The quantitative estimate of drug-likeness (QED) is 0.171. The molecule has 1 heterocycles. The minimum absolute atomic E-state index is 0.0178. The van der Waals surface area contributed by atoms with Crippen LogP contribution in [0.2, 0.25) is 0 Å². The van der Waals surface area contributed by atoms with Crippen LogP contribution in [0.3, 0.4) is 0 Å². The van der Waals surface area contributed by atoms with E-state index in [1.807, 2.05) is 0 Å². The van der Waals surface area contributed by atoms with Crippen LogP contribution in [0, 0.1) is 0 Å². The highest BCUT2D eigenvalue weighted by atomic mass is 16.5. The van der Waals surface area contributed by atoms with E-state index in [0.717, 1.165) is 44.9 Å². The molecule has 0 fully saturated rings. The maximum absolute atomic E-state index is 7.23. The summed E-state index contributed by atoms with van der Waals surface area (Å²) < 4.78 is 7.23. The monoisotopic (exact) mass is 867 g/mol. The van der Waals surface area contributed by atoms with Crippen molar-refractivity contribution in [2.24, 2.45) is 0 Å². The topological polar surface area (TPSA) is 12.5 Å². The van der Waals surface area contributed by atoms with Crippen LogP contribution in [-0.2, 0) is 10.8 Å². The summed E-state index contributed by atoms with van der Waals surface area (Å²) in [7, 11) is 0. The van der Waals surface area contributed by atoms with Gasteiger partial charge < -0.3 is 9.64 Å². The van der Waals surface area contributed by atoms with Crippen molar-refractivity contribution in [1.29, 1.82) is 0 Å². The van der Waals surface area contributed by atoms with Crippen molar-refractivity contribution in [3.8, 4) is 56.0 Å². The lowest BCUT2D eigenvalue weighted by molar-refractivity contribution is 0.447. The van der Waals surface area contributed by atoms with Gasteiger partial charge in [0.05, 0.1) is 5.41 Å². The van der Waals surface area contributed by atoms with E-state index in [1.165, 1.54) is 83.1 Å². The predicted octanol–water partition coefficient (Wildman–Crippen LogP) is 17.6. The first-order valence-electron chi connectivity index (χ1n) is 23.7. The van der Waals surface area contributed by atoms with Gasteiger partial charge >= 0.3 is 0 Å². The van der Waals surface area contributed by atoms with Gasteiger partial charge in [-0.05, 0) is 120 Å². The molecule has 0 amide bonds. The van der Waals surface area contributed by atoms with Crippen molar-refractivity contribution in [3.63, 3.8) is 0 Å². The van der Waals surface area contributed by atoms with Crippen LogP contribution in [0.4, 0.5) is 17.1 Å². The third kappa shape index (κ3) is 5.40. The van der Waals surface area contributed by atoms with Crippen LogP contribution in [0.15, 0.2) is 237 Å². The number of ether oxygens (including phenoxy) is 1. The normalized spacial score (nSPS) is 14.1. The zero-order valence-corrected chi connectivity index (χ0v) is 37.9. The second-order valence-electron chi connectivity index (χ2n) is 19.2. The number of fused-ring (bicyclic) bond motifs is 16. The van der Waals surface area contributed by atoms with Crippen molar-refractivity contribution in [3.05, 3.63) is 270 Å². The molecule has 68 heavy (non-hydrogen) atoms. The first-order chi connectivity index (χ1) is 33.5. The predicted molar refractivity (Wildman–Crippen MR) is 282 cm³/mol. The van der Waals surface area contributed by atoms with Gasteiger partial charge in [0.2, 0.25) is 0 Å². The number of hydrogen-bond acceptors (Lipinski definition) is 2. The molecule has 11 aromatic carbocycles. The first kappa shape index (κ1) is 38.8. The van der Waals surface area contributed by atoms with Crippen molar-refractivity contribution in [1.82, 2.24) is 0 Å². The molecule has 2 aliphatic carbocycles. The summed E-state index contributed by atoms with van der Waals surface area (Å²) in [6.45, 7) is 4.68. The molecule has 0 saturated heterocycles. The van der Waals surface area contributed by atoms with Gasteiger partial charge in [0.25, 0.3) is 0 Å². The molecule has 1 spiro atoms. The van der Waals surface area contributed by atoms with Crippen molar-refractivity contribution in [2.45, 2.75) is 24.7 Å². The summed E-state index contributed by atoms with van der Waals surface area (Å²) in [6, 6.07) is 87.3. The van der Waals surface area contributed by atoms with E-state index >= 15 is 0 Å². The molecule has 320 valence electrons. The van der Waals surface area contributed by atoms with E-state index in [9.17, 15) is 0 Å². The van der Waals surface area contributed by atoms with E-state index in [-0.39, 0.29) is 5.41 Å². The zero-order valence-electron chi connectivity index (χ0n) is 37.9. The Balaban J connectivity index is 0.925. The van der Waals surface area contributed by atoms with Gasteiger partial charge in [-0.25, -0.2) is 0 Å². The lowest BCUT2D eigenvalue weighted by Gasteiger charge is -2.40. The molecule has 2 nitrogen and oxygen atoms in total. The minimum Gasteiger partial charge on any atom is -0.455 e. The van der Waals surface area contributed by atoms with Crippen LogP contribution in [0.25, 0.3) is 66.1 Å². The third-order valence-corrected chi connectivity index (χ3v) is 15.3. The van der Waals surface area contributed by atoms with Gasteiger partial charge in [-0.3, -0.25) is 0 Å². The summed E-state index contributed by atoms with van der Waals surface area (Å²) in [5.74, 6) is 1.86. The average Bonchev–Trinajstić information content (AvgIpc) is 3.82. The van der Waals surface area contributed by atoms with Crippen LogP contribution in [0.1, 0.15) is 47.2 Å². The lowest BCUT2D eigenvalue weighted by atomic mass is 9.65. The largest absolute Gasteiger partial charge is 0.455 e. The Bertz CT molecular complexity index is 3780. The molecule has 0 bridgehead atoms. The number of hydrogen-bond donors (Lipinski definition) is 0. The van der Waals surface area contributed by atoms with Gasteiger partial charge in [-0.1, -0.05) is 208 Å². The van der Waals surface area contributed by atoms with Gasteiger partial charge in [0.1, 0.15) is 11.5 Å². The Morgan fingerprint density at radius 1 is 0.324 bits per heavy atom. The first-order valence-corrected chi connectivity index (χ1v) is 23.7. The second-order valence-corrected chi connectivity index (χ2v) is 19.2. The fourth-order valence-electron chi connectivity index (χ4n) is 12.2. The van der Waals surface area contributed by atoms with E-state index in [0.29, 0.717) is 0 Å². The minimum atomic E-state index is -0.618. The summed E-state index contributed by atoms with van der Waals surface area (Å²) in [5.41, 5.74) is 20.3. The molecule has 0 saturated carbocycles. The highest BCUT2D eigenvalue weighted by Gasteiger charge is 2.52. The van der Waals surface area contributed by atoms with Crippen LogP contribution in [-0.4, -0.2) is 0 Å². The van der Waals surface area contributed by atoms with Gasteiger partial charge in [-0.15, -0.1) is 0 Å². The molecule has 0 radical (unpaired) electrons. The smallest absolute Gasteiger partial charge is 0.140 e. The second kappa shape index (κ2) is 14.5. The highest BCUT2D eigenvalue weighted by Crippen LogP contribution is 2.65. The number of para-hydroxylation sites is 1. The summed E-state index contributed by atoms with van der Waals surface area (Å²) in [6.07, 6.45) is 0. The lowest BCUT2D eigenvalue weighted by Crippen LogP contribution is -2.32. The zero-order chi connectivity index (χ0) is 45.1. The van der Waals surface area contributed by atoms with E-state index in [4.69, 9.17) is 4.74 Å². The molecular weight excluding hydrogens is 823 g/mol. The molecule has 3 aliphatic rings. The van der Waals surface area contributed by atoms with Crippen LogP contribution in [0.5, 0.6) is 11.5 Å². The number of anilines is 3. The number of benzene rings is 11. The fourth-order valence-corrected chi connectivity index (χ4v) is 12.2. The van der Waals surface area contributed by atoms with Crippen LogP contribution >= 0.6 is 0 Å². The highest BCUT2D eigenvalue weighted by molar-refractivity contribution is 6.02. The Labute approximate surface area is 397 Å². The maximum Gasteiger partial charge on any atom is 0.140 e. The molecule has 0 atom stereocenters. The Morgan fingerprint density at radius 3 is 1.59 bits per heavy atom. The van der Waals surface area contributed by atoms with E-state index < -0.39 is 5.41 Å². The number of rotatable bonds is 5. The van der Waals surface area contributed by atoms with Gasteiger partial charge in [0, 0.05) is 44.4 Å². The average molecular weight is 868 g/mol. The van der Waals surface area contributed by atoms with Crippen molar-refractivity contribution in [2.75, 3.05) is 4.90 Å². The Kier molecular flexibility index (Phi) is 8.28. The van der Waals surface area contributed by atoms with E-state index in [1.54, 1.807) is 0 Å². The molecule has 2 heteroatoms. The Hall–Kier alpha value is -8.46. The van der Waals surface area contributed by atoms with Crippen molar-refractivity contribution >= 4 is 38.6 Å². The standard InChI is InChI=1S/C66H45NO/c1-65(2)56-27-12-10-24-53(56)55-41-45(34-37-57(55)65)42-30-35-48(36-31-42)67(47-19-4-3-5-20-47)49-21-14-18-46(40-49)50-26-15-29-59-62(50)54-25-11-13-28-58(54)66(59)60-38-32-43-16-6-8-22-51(43)63(60)68-64-52-23-9-7-17-44(52)33-39-61(64)66/h3-41H,1-2H3. The molecular formula is C66H45NO. The molecule has 11 aromatic rings. The van der Waals surface area contributed by atoms with E-state index in [2.05, 4.69) is 255 Å². The van der Waals surface area contributed by atoms with Gasteiger partial charge in [-0.2, -0.15) is 0 Å². The third-order valence-electron chi connectivity index (χ3n) is 15.3. The van der Waals surface area contributed by atoms with Gasteiger partial charge in [0.15, 0.2) is 0 Å². The Morgan fingerprint density at radius 2 is 0.853 bits per heavy atom. The summed E-state index contributed by atoms with van der Waals surface area (Å²) in [4.78, 5) is 2.38. The van der Waals surface area contributed by atoms with Crippen LogP contribution < -0.4 is 9.64 Å². The molecule has 14 rings (SSSR count). The molecule has 0 N–H and O–H groups in total. The maximum atomic E-state index is 7.23. The molecule has 0 unspecified atom stereocenters. The fraction of sp³-hybridized carbons (Fsp3) is 0.0606. The summed E-state index contributed by atoms with van der Waals surface area (Å²) in [5, 5.41) is 4.57.